The lowest BCUT2D eigenvalue weighted by molar-refractivity contribution is -0.129. The van der Waals surface area contributed by atoms with Crippen molar-refractivity contribution in [2.45, 2.75) is 59.1 Å². The lowest BCUT2D eigenvalue weighted by Crippen LogP contribution is -2.61. The van der Waals surface area contributed by atoms with E-state index in [0.717, 1.165) is 0 Å². The third-order valence-electron chi connectivity index (χ3n) is 4.49. The number of rotatable bonds is 4. The fourth-order valence-corrected chi connectivity index (χ4v) is 2.70. The van der Waals surface area contributed by atoms with Gasteiger partial charge < -0.3 is 15.4 Å². The van der Waals surface area contributed by atoms with Gasteiger partial charge in [0.2, 0.25) is 5.91 Å². The molecule has 0 spiro atoms. The number of carbonyl (C=O) groups is 1. The van der Waals surface area contributed by atoms with Gasteiger partial charge in [0.15, 0.2) is 0 Å². The lowest BCUT2D eigenvalue weighted by Gasteiger charge is -2.49. The minimum Gasteiger partial charge on any atom is -0.392 e. The van der Waals surface area contributed by atoms with Crippen LogP contribution in [0.3, 0.4) is 0 Å². The van der Waals surface area contributed by atoms with Crippen LogP contribution >= 0.6 is 0 Å². The number of nitrogens with zero attached hydrogens (tertiary/aromatic N) is 1. The zero-order valence-corrected chi connectivity index (χ0v) is 13.0. The van der Waals surface area contributed by atoms with Crippen LogP contribution in [-0.2, 0) is 11.2 Å². The Morgan fingerprint density at radius 2 is 2.14 bits per heavy atom. The van der Waals surface area contributed by atoms with Crippen LogP contribution in [0.25, 0.3) is 0 Å². The van der Waals surface area contributed by atoms with Crippen LogP contribution in [0.1, 0.15) is 43.8 Å². The smallest absolute Gasteiger partial charge is 0.254 e. The predicted molar refractivity (Wildman–Crippen MR) is 79.0 cm³/mol. The number of hydrogen-bond acceptors (Lipinski definition) is 4. The second kappa shape index (κ2) is 5.60. The van der Waals surface area contributed by atoms with E-state index in [1.54, 1.807) is 13.8 Å². The molecule has 1 saturated carbocycles. The van der Waals surface area contributed by atoms with Gasteiger partial charge in [-0.15, -0.1) is 0 Å². The molecule has 1 aromatic rings. The van der Waals surface area contributed by atoms with E-state index in [1.807, 2.05) is 13.8 Å². The van der Waals surface area contributed by atoms with Crippen molar-refractivity contribution in [1.29, 1.82) is 0 Å². The summed E-state index contributed by atoms with van der Waals surface area (Å²) in [6.45, 7) is 7.38. The number of H-pyrrole nitrogens is 1. The number of aryl methyl sites for hydroxylation is 2. The fraction of sp³-hybridized carbons (Fsp3) is 0.667. The molecule has 6 heteroatoms. The molecule has 0 radical (unpaired) electrons. The Kier molecular flexibility index (Phi) is 4.18. The van der Waals surface area contributed by atoms with Gasteiger partial charge in [0.25, 0.3) is 5.56 Å². The summed E-state index contributed by atoms with van der Waals surface area (Å²) in [5, 5.41) is 12.6. The number of hydrogen-bond donors (Lipinski definition) is 3. The molecular formula is C15H23N3O3. The van der Waals surface area contributed by atoms with E-state index in [9.17, 15) is 14.7 Å². The first kappa shape index (κ1) is 15.7. The number of aliphatic hydroxyl groups excluding tert-OH is 1. The monoisotopic (exact) mass is 293 g/mol. The summed E-state index contributed by atoms with van der Waals surface area (Å²) in [5.74, 6) is 0.482. The van der Waals surface area contributed by atoms with E-state index in [0.29, 0.717) is 29.9 Å². The van der Waals surface area contributed by atoms with Crippen molar-refractivity contribution in [2.75, 3.05) is 0 Å². The van der Waals surface area contributed by atoms with Crippen molar-refractivity contribution in [3.8, 4) is 0 Å². The summed E-state index contributed by atoms with van der Waals surface area (Å²) < 4.78 is 0. The van der Waals surface area contributed by atoms with Gasteiger partial charge in [-0.1, -0.05) is 13.8 Å². The van der Waals surface area contributed by atoms with Crippen LogP contribution in [-0.4, -0.2) is 33.1 Å². The van der Waals surface area contributed by atoms with Gasteiger partial charge in [0.1, 0.15) is 5.82 Å². The molecule has 0 saturated heterocycles. The molecule has 1 amide bonds. The molecule has 1 aliphatic carbocycles. The molecular weight excluding hydrogens is 270 g/mol. The highest BCUT2D eigenvalue weighted by molar-refractivity contribution is 5.76. The molecule has 1 aromatic heterocycles. The molecule has 3 N–H and O–H groups in total. The SMILES string of the molecule is Cc1nc(C)c(CCC(=O)NC2CC(O)C2(C)C)c(=O)[nH]1. The molecule has 6 nitrogen and oxygen atoms in total. The molecule has 1 heterocycles. The summed E-state index contributed by atoms with van der Waals surface area (Å²) >= 11 is 0. The molecule has 2 rings (SSSR count). The van der Waals surface area contributed by atoms with Crippen molar-refractivity contribution in [2.24, 2.45) is 5.41 Å². The maximum Gasteiger partial charge on any atom is 0.254 e. The third kappa shape index (κ3) is 3.15. The van der Waals surface area contributed by atoms with Gasteiger partial charge >= 0.3 is 0 Å². The van der Waals surface area contributed by atoms with Crippen molar-refractivity contribution in [3.63, 3.8) is 0 Å². The van der Waals surface area contributed by atoms with Gasteiger partial charge in [-0.3, -0.25) is 9.59 Å². The molecule has 1 aliphatic rings. The Hall–Kier alpha value is -1.69. The Morgan fingerprint density at radius 1 is 1.48 bits per heavy atom. The minimum absolute atomic E-state index is 0.00414. The number of carbonyl (C=O) groups excluding carboxylic acids is 1. The van der Waals surface area contributed by atoms with Crippen LogP contribution in [0, 0.1) is 19.3 Å². The molecule has 0 aliphatic heterocycles. The van der Waals surface area contributed by atoms with Gasteiger partial charge in [0.05, 0.1) is 6.10 Å². The zero-order valence-electron chi connectivity index (χ0n) is 13.0. The minimum atomic E-state index is -0.366. The second-order valence-corrected chi connectivity index (χ2v) is 6.41. The van der Waals surface area contributed by atoms with E-state index >= 15 is 0 Å². The average molecular weight is 293 g/mol. The first-order chi connectivity index (χ1) is 9.71. The summed E-state index contributed by atoms with van der Waals surface area (Å²) in [5.41, 5.74) is 0.772. The van der Waals surface area contributed by atoms with Crippen molar-refractivity contribution < 1.29 is 9.90 Å². The number of aliphatic hydroxyl groups is 1. The molecule has 2 unspecified atom stereocenters. The van der Waals surface area contributed by atoms with Gasteiger partial charge in [0, 0.05) is 29.1 Å². The van der Waals surface area contributed by atoms with Crippen LogP contribution in [0.5, 0.6) is 0 Å². The summed E-state index contributed by atoms with van der Waals surface area (Å²) in [7, 11) is 0. The topological polar surface area (TPSA) is 95.1 Å². The van der Waals surface area contributed by atoms with Crippen molar-refractivity contribution >= 4 is 5.91 Å². The standard InChI is InChI=1S/C15H23N3O3/c1-8-10(14(21)17-9(2)16-8)5-6-13(20)18-11-7-12(19)15(11,3)4/h11-12,19H,5-7H2,1-4H3,(H,18,20)(H,16,17,21). The average Bonchev–Trinajstić information content (AvgIpc) is 2.37. The molecule has 116 valence electrons. The summed E-state index contributed by atoms with van der Waals surface area (Å²) in [4.78, 5) is 30.7. The zero-order chi connectivity index (χ0) is 15.8. The fourth-order valence-electron chi connectivity index (χ4n) is 2.70. The van der Waals surface area contributed by atoms with Crippen LogP contribution < -0.4 is 10.9 Å². The van der Waals surface area contributed by atoms with Gasteiger partial charge in [-0.25, -0.2) is 4.98 Å². The highest BCUT2D eigenvalue weighted by atomic mass is 16.3. The maximum absolute atomic E-state index is 12.0. The lowest BCUT2D eigenvalue weighted by atomic mass is 9.64. The van der Waals surface area contributed by atoms with Crippen LogP contribution in [0.4, 0.5) is 0 Å². The molecule has 0 aromatic carbocycles. The Bertz CT molecular complexity index is 607. The third-order valence-corrected chi connectivity index (χ3v) is 4.49. The van der Waals surface area contributed by atoms with Crippen LogP contribution in [0.2, 0.25) is 0 Å². The van der Waals surface area contributed by atoms with Crippen molar-refractivity contribution in [3.05, 3.63) is 27.4 Å². The molecule has 21 heavy (non-hydrogen) atoms. The Balaban J connectivity index is 1.92. The molecule has 0 bridgehead atoms. The summed E-state index contributed by atoms with van der Waals surface area (Å²) in [6, 6.07) is -0.00414. The number of nitrogens with one attached hydrogen (secondary N) is 2. The predicted octanol–water partition coefficient (Wildman–Crippen LogP) is 0.595. The van der Waals surface area contributed by atoms with E-state index in [-0.39, 0.29) is 35.4 Å². The van der Waals surface area contributed by atoms with E-state index in [2.05, 4.69) is 15.3 Å². The quantitative estimate of drug-likeness (QED) is 0.757. The number of amides is 1. The van der Waals surface area contributed by atoms with E-state index in [4.69, 9.17) is 0 Å². The molecule has 1 fully saturated rings. The highest BCUT2D eigenvalue weighted by Crippen LogP contribution is 2.40. The van der Waals surface area contributed by atoms with E-state index < -0.39 is 0 Å². The Labute approximate surface area is 124 Å². The number of aromatic amines is 1. The molecule has 2 atom stereocenters. The first-order valence-corrected chi connectivity index (χ1v) is 7.25. The van der Waals surface area contributed by atoms with E-state index in [1.165, 1.54) is 0 Å². The van der Waals surface area contributed by atoms with Gasteiger partial charge in [-0.2, -0.15) is 0 Å². The largest absolute Gasteiger partial charge is 0.392 e. The summed E-state index contributed by atoms with van der Waals surface area (Å²) in [6.07, 6.45) is 0.840. The number of aromatic nitrogens is 2. The maximum atomic E-state index is 12.0. The first-order valence-electron chi connectivity index (χ1n) is 7.25. The second-order valence-electron chi connectivity index (χ2n) is 6.41. The van der Waals surface area contributed by atoms with Crippen LogP contribution in [0.15, 0.2) is 4.79 Å². The van der Waals surface area contributed by atoms with Gasteiger partial charge in [-0.05, 0) is 26.7 Å². The normalized spacial score (nSPS) is 23.5. The Morgan fingerprint density at radius 3 is 2.67 bits per heavy atom. The highest BCUT2D eigenvalue weighted by Gasteiger charge is 2.47. The van der Waals surface area contributed by atoms with Crippen molar-refractivity contribution in [1.82, 2.24) is 15.3 Å².